The van der Waals surface area contributed by atoms with Gasteiger partial charge >= 0.3 is 0 Å². The lowest BCUT2D eigenvalue weighted by atomic mass is 10.2. The van der Waals surface area contributed by atoms with Crippen LogP contribution in [0.15, 0.2) is 30.4 Å². The molecule has 0 fully saturated rings. The molecule has 0 aliphatic carbocycles. The van der Waals surface area contributed by atoms with Gasteiger partial charge in [-0.15, -0.1) is 0 Å². The first-order valence-electron chi connectivity index (χ1n) is 5.47. The van der Waals surface area contributed by atoms with Gasteiger partial charge in [0.25, 0.3) is 5.69 Å². The number of nitrogens with two attached hydrogens (primary N) is 1. The van der Waals surface area contributed by atoms with Crippen LogP contribution in [0.25, 0.3) is 0 Å². The summed E-state index contributed by atoms with van der Waals surface area (Å²) in [6.07, 6.45) is 3.87. The van der Waals surface area contributed by atoms with E-state index in [1.807, 2.05) is 31.1 Å². The van der Waals surface area contributed by atoms with Gasteiger partial charge in [-0.25, -0.2) is 0 Å². The fourth-order valence-electron chi connectivity index (χ4n) is 1.29. The normalized spacial score (nSPS) is 11.1. The number of nitro groups is 1. The summed E-state index contributed by atoms with van der Waals surface area (Å²) in [5.41, 5.74) is 5.55. The number of hydrogen-bond donors (Lipinski definition) is 1. The minimum Gasteiger partial charge on any atom is -0.489 e. The molecule has 2 N–H and O–H groups in total. The predicted molar refractivity (Wildman–Crippen MR) is 70.7 cm³/mol. The maximum absolute atomic E-state index is 10.6. The SMILES string of the molecule is CN(C)CC=CCOc1ccc([N+](=O)[O-])c(N)c1. The molecule has 0 spiro atoms. The lowest BCUT2D eigenvalue weighted by molar-refractivity contribution is -0.383. The third-order valence-electron chi connectivity index (χ3n) is 2.18. The second kappa shape index (κ2) is 6.61. The highest BCUT2D eigenvalue weighted by molar-refractivity contribution is 5.60. The third-order valence-corrected chi connectivity index (χ3v) is 2.18. The minimum atomic E-state index is -0.518. The number of hydrogen-bond acceptors (Lipinski definition) is 5. The molecule has 6 heteroatoms. The Balaban J connectivity index is 2.51. The average molecular weight is 251 g/mol. The van der Waals surface area contributed by atoms with Gasteiger partial charge in [0.2, 0.25) is 0 Å². The molecule has 0 heterocycles. The molecule has 0 saturated heterocycles. The van der Waals surface area contributed by atoms with Crippen molar-refractivity contribution in [2.75, 3.05) is 33.0 Å². The van der Waals surface area contributed by atoms with Crippen molar-refractivity contribution < 1.29 is 9.66 Å². The van der Waals surface area contributed by atoms with E-state index >= 15 is 0 Å². The van der Waals surface area contributed by atoms with Crippen LogP contribution in [0.5, 0.6) is 5.75 Å². The molecule has 6 nitrogen and oxygen atoms in total. The second-order valence-corrected chi connectivity index (χ2v) is 4.02. The number of rotatable bonds is 6. The van der Waals surface area contributed by atoms with E-state index in [0.29, 0.717) is 12.4 Å². The molecule has 18 heavy (non-hydrogen) atoms. The van der Waals surface area contributed by atoms with Gasteiger partial charge in [0, 0.05) is 18.7 Å². The number of ether oxygens (including phenoxy) is 1. The molecule has 0 amide bonds. The highest BCUT2D eigenvalue weighted by atomic mass is 16.6. The van der Waals surface area contributed by atoms with Crippen molar-refractivity contribution in [2.24, 2.45) is 0 Å². The number of anilines is 1. The fraction of sp³-hybridized carbons (Fsp3) is 0.333. The van der Waals surface area contributed by atoms with Crippen molar-refractivity contribution in [2.45, 2.75) is 0 Å². The number of nitrogen functional groups attached to an aromatic ring is 1. The summed E-state index contributed by atoms with van der Waals surface area (Å²) in [7, 11) is 3.95. The van der Waals surface area contributed by atoms with E-state index in [2.05, 4.69) is 0 Å². The van der Waals surface area contributed by atoms with Crippen LogP contribution in [0.4, 0.5) is 11.4 Å². The number of nitrogens with zero attached hydrogens (tertiary/aromatic N) is 2. The summed E-state index contributed by atoms with van der Waals surface area (Å²) in [5.74, 6) is 0.521. The number of nitro benzene ring substituents is 1. The summed E-state index contributed by atoms with van der Waals surface area (Å²) in [5, 5.41) is 10.6. The molecule has 0 aliphatic heterocycles. The third kappa shape index (κ3) is 4.42. The quantitative estimate of drug-likeness (QED) is 0.360. The van der Waals surface area contributed by atoms with E-state index in [0.717, 1.165) is 6.54 Å². The zero-order valence-electron chi connectivity index (χ0n) is 10.5. The summed E-state index contributed by atoms with van der Waals surface area (Å²) < 4.78 is 5.40. The Morgan fingerprint density at radius 3 is 2.72 bits per heavy atom. The van der Waals surface area contributed by atoms with Crippen LogP contribution >= 0.6 is 0 Å². The minimum absolute atomic E-state index is 0.106. The Hall–Kier alpha value is -2.08. The summed E-state index contributed by atoms with van der Waals surface area (Å²) in [6.45, 7) is 1.25. The highest BCUT2D eigenvalue weighted by Gasteiger charge is 2.11. The summed E-state index contributed by atoms with van der Waals surface area (Å²) in [4.78, 5) is 12.1. The molecule has 1 rings (SSSR count). The molecule has 0 aliphatic rings. The second-order valence-electron chi connectivity index (χ2n) is 4.02. The van der Waals surface area contributed by atoms with Crippen LogP contribution < -0.4 is 10.5 Å². The van der Waals surface area contributed by atoms with Crippen LogP contribution in [0.2, 0.25) is 0 Å². The Morgan fingerprint density at radius 2 is 2.17 bits per heavy atom. The maximum Gasteiger partial charge on any atom is 0.292 e. The van der Waals surface area contributed by atoms with Gasteiger partial charge in [-0.05, 0) is 20.2 Å². The first-order chi connectivity index (χ1) is 8.50. The van der Waals surface area contributed by atoms with E-state index in [1.165, 1.54) is 18.2 Å². The van der Waals surface area contributed by atoms with Gasteiger partial charge in [0.1, 0.15) is 18.0 Å². The molecular formula is C12H17N3O3. The van der Waals surface area contributed by atoms with Crippen molar-refractivity contribution >= 4 is 11.4 Å². The Labute approximate surface area is 106 Å². The van der Waals surface area contributed by atoms with Crippen LogP contribution in [0, 0.1) is 10.1 Å². The van der Waals surface area contributed by atoms with Gasteiger partial charge < -0.3 is 15.4 Å². The van der Waals surface area contributed by atoms with Crippen molar-refractivity contribution in [1.82, 2.24) is 4.90 Å². The van der Waals surface area contributed by atoms with Crippen LogP contribution in [0.1, 0.15) is 0 Å². The van der Waals surface area contributed by atoms with Crippen molar-refractivity contribution in [3.05, 3.63) is 40.5 Å². The first-order valence-corrected chi connectivity index (χ1v) is 5.47. The molecule has 0 radical (unpaired) electrons. The lowest BCUT2D eigenvalue weighted by Crippen LogP contribution is -2.10. The Morgan fingerprint density at radius 1 is 1.44 bits per heavy atom. The first kappa shape index (κ1) is 14.0. The molecule has 0 unspecified atom stereocenters. The molecule has 0 atom stereocenters. The van der Waals surface area contributed by atoms with Gasteiger partial charge in [-0.2, -0.15) is 0 Å². The molecule has 1 aromatic rings. The van der Waals surface area contributed by atoms with Crippen LogP contribution in [0.3, 0.4) is 0 Å². The predicted octanol–water partition coefficient (Wildman–Crippen LogP) is 1.67. The van der Waals surface area contributed by atoms with E-state index in [9.17, 15) is 10.1 Å². The van der Waals surface area contributed by atoms with Crippen molar-refractivity contribution in [1.29, 1.82) is 0 Å². The highest BCUT2D eigenvalue weighted by Crippen LogP contribution is 2.25. The van der Waals surface area contributed by atoms with Crippen LogP contribution in [-0.2, 0) is 0 Å². The van der Waals surface area contributed by atoms with Gasteiger partial charge in [0.15, 0.2) is 0 Å². The maximum atomic E-state index is 10.6. The average Bonchev–Trinajstić information content (AvgIpc) is 2.27. The molecule has 1 aromatic carbocycles. The molecule has 98 valence electrons. The van der Waals surface area contributed by atoms with Crippen LogP contribution in [-0.4, -0.2) is 37.1 Å². The molecule has 0 saturated carbocycles. The summed E-state index contributed by atoms with van der Waals surface area (Å²) in [6, 6.07) is 4.33. The standard InChI is InChI=1S/C12H17N3O3/c1-14(2)7-3-4-8-18-10-5-6-12(15(16)17)11(13)9-10/h3-6,9H,7-8,13H2,1-2H3. The van der Waals surface area contributed by atoms with Gasteiger partial charge in [-0.1, -0.05) is 12.2 Å². The zero-order valence-corrected chi connectivity index (χ0v) is 10.5. The topological polar surface area (TPSA) is 81.6 Å². The Bertz CT molecular complexity index is 444. The zero-order chi connectivity index (χ0) is 13.5. The van der Waals surface area contributed by atoms with E-state index in [1.54, 1.807) is 0 Å². The molecular weight excluding hydrogens is 234 g/mol. The molecule has 0 aromatic heterocycles. The largest absolute Gasteiger partial charge is 0.489 e. The fourth-order valence-corrected chi connectivity index (χ4v) is 1.29. The van der Waals surface area contributed by atoms with E-state index in [4.69, 9.17) is 10.5 Å². The monoisotopic (exact) mass is 251 g/mol. The summed E-state index contributed by atoms with van der Waals surface area (Å²) >= 11 is 0. The van der Waals surface area contributed by atoms with Gasteiger partial charge in [-0.3, -0.25) is 10.1 Å². The van der Waals surface area contributed by atoms with Crippen molar-refractivity contribution in [3.8, 4) is 5.75 Å². The Kier molecular flexibility index (Phi) is 5.13. The number of likely N-dealkylation sites (N-methyl/N-ethyl adjacent to an activating group) is 1. The number of benzene rings is 1. The van der Waals surface area contributed by atoms with Gasteiger partial charge in [0.05, 0.1) is 4.92 Å². The van der Waals surface area contributed by atoms with E-state index < -0.39 is 4.92 Å². The van der Waals surface area contributed by atoms with Crippen molar-refractivity contribution in [3.63, 3.8) is 0 Å². The van der Waals surface area contributed by atoms with E-state index in [-0.39, 0.29) is 11.4 Å². The smallest absolute Gasteiger partial charge is 0.292 e. The molecule has 0 bridgehead atoms. The lowest BCUT2D eigenvalue weighted by Gasteiger charge is -2.05.